The number of ketones is 1. The first-order valence-corrected chi connectivity index (χ1v) is 7.92. The van der Waals surface area contributed by atoms with E-state index in [1.54, 1.807) is 0 Å². The Morgan fingerprint density at radius 2 is 1.33 bits per heavy atom. The summed E-state index contributed by atoms with van der Waals surface area (Å²) in [5.74, 6) is 0.0260. The molecule has 0 saturated carbocycles. The first kappa shape index (κ1) is 15.8. The fourth-order valence-corrected chi connectivity index (χ4v) is 2.68. The van der Waals surface area contributed by atoms with Gasteiger partial charge in [-0.2, -0.15) is 0 Å². The molecule has 118 valence electrons. The van der Waals surface area contributed by atoms with Crippen molar-refractivity contribution in [2.75, 3.05) is 4.90 Å². The molecular formula is C22H19NO. The summed E-state index contributed by atoms with van der Waals surface area (Å²) in [5, 5.41) is 0. The topological polar surface area (TPSA) is 20.3 Å². The smallest absolute Gasteiger partial charge is 0.159 e. The summed E-state index contributed by atoms with van der Waals surface area (Å²) in [7, 11) is 0. The second kappa shape index (κ2) is 7.42. The summed E-state index contributed by atoms with van der Waals surface area (Å²) in [4.78, 5) is 13.9. The maximum Gasteiger partial charge on any atom is 0.159 e. The van der Waals surface area contributed by atoms with Crippen LogP contribution in [-0.4, -0.2) is 5.78 Å². The molecule has 0 aliphatic heterocycles. The van der Waals surface area contributed by atoms with Crippen LogP contribution in [-0.2, 0) is 11.2 Å². The average Bonchev–Trinajstić information content (AvgIpc) is 2.64. The standard InChI is InChI=1S/C22H19NO/c1-2-22(24)17-18-10-9-15-21(16-18)23(19-11-5-3-6-12-19)20-13-7-4-8-14-20/h2-16H,1,17H2. The molecule has 0 heterocycles. The molecule has 2 heteroatoms. The van der Waals surface area contributed by atoms with E-state index in [0.717, 1.165) is 22.6 Å². The van der Waals surface area contributed by atoms with Crippen LogP contribution in [0.4, 0.5) is 17.1 Å². The number of nitrogens with zero attached hydrogens (tertiary/aromatic N) is 1. The van der Waals surface area contributed by atoms with Gasteiger partial charge in [-0.3, -0.25) is 4.79 Å². The molecule has 0 aliphatic rings. The lowest BCUT2D eigenvalue weighted by Crippen LogP contribution is -2.10. The highest BCUT2D eigenvalue weighted by Gasteiger charge is 2.12. The van der Waals surface area contributed by atoms with Crippen LogP contribution < -0.4 is 4.90 Å². The molecule has 0 fully saturated rings. The van der Waals surface area contributed by atoms with Gasteiger partial charge in [-0.1, -0.05) is 55.1 Å². The molecule has 0 amide bonds. The number of benzene rings is 3. The van der Waals surface area contributed by atoms with E-state index in [1.807, 2.05) is 48.5 Å². The largest absolute Gasteiger partial charge is 0.310 e. The highest BCUT2D eigenvalue weighted by molar-refractivity contribution is 5.91. The van der Waals surface area contributed by atoms with Crippen LogP contribution in [0.5, 0.6) is 0 Å². The zero-order valence-electron chi connectivity index (χ0n) is 13.4. The van der Waals surface area contributed by atoms with E-state index in [0.29, 0.717) is 6.42 Å². The Morgan fingerprint density at radius 1 is 0.792 bits per heavy atom. The molecular weight excluding hydrogens is 294 g/mol. The normalized spacial score (nSPS) is 10.2. The Hall–Kier alpha value is -3.13. The minimum Gasteiger partial charge on any atom is -0.310 e. The van der Waals surface area contributed by atoms with Crippen molar-refractivity contribution in [3.8, 4) is 0 Å². The lowest BCUT2D eigenvalue weighted by Gasteiger charge is -2.25. The van der Waals surface area contributed by atoms with Gasteiger partial charge in [0, 0.05) is 23.5 Å². The second-order valence-corrected chi connectivity index (χ2v) is 5.52. The summed E-state index contributed by atoms with van der Waals surface area (Å²) in [6, 6.07) is 28.5. The third-order valence-electron chi connectivity index (χ3n) is 3.80. The van der Waals surface area contributed by atoms with Crippen LogP contribution in [0.1, 0.15) is 5.56 Å². The molecule has 2 nitrogen and oxygen atoms in total. The van der Waals surface area contributed by atoms with Crippen molar-refractivity contribution in [1.82, 2.24) is 0 Å². The van der Waals surface area contributed by atoms with Gasteiger partial charge >= 0.3 is 0 Å². The lowest BCUT2D eigenvalue weighted by atomic mass is 10.1. The van der Waals surface area contributed by atoms with E-state index in [1.165, 1.54) is 6.08 Å². The van der Waals surface area contributed by atoms with Gasteiger partial charge in [-0.15, -0.1) is 0 Å². The van der Waals surface area contributed by atoms with Gasteiger partial charge in [0.2, 0.25) is 0 Å². The van der Waals surface area contributed by atoms with E-state index < -0.39 is 0 Å². The number of anilines is 3. The molecule has 0 aliphatic carbocycles. The van der Waals surface area contributed by atoms with Crippen molar-refractivity contribution in [2.45, 2.75) is 6.42 Å². The number of carbonyl (C=O) groups is 1. The van der Waals surface area contributed by atoms with Gasteiger partial charge in [0.1, 0.15) is 0 Å². The average molecular weight is 313 g/mol. The zero-order valence-corrected chi connectivity index (χ0v) is 13.4. The highest BCUT2D eigenvalue weighted by Crippen LogP contribution is 2.34. The minimum atomic E-state index is 0.0260. The number of carbonyl (C=O) groups excluding carboxylic acids is 1. The third-order valence-corrected chi connectivity index (χ3v) is 3.80. The molecule has 0 radical (unpaired) electrons. The third kappa shape index (κ3) is 3.61. The van der Waals surface area contributed by atoms with Crippen molar-refractivity contribution in [2.24, 2.45) is 0 Å². The molecule has 0 unspecified atom stereocenters. The highest BCUT2D eigenvalue weighted by atomic mass is 16.1. The molecule has 0 N–H and O–H groups in total. The van der Waals surface area contributed by atoms with Crippen molar-refractivity contribution in [3.05, 3.63) is 103 Å². The van der Waals surface area contributed by atoms with Crippen LogP contribution >= 0.6 is 0 Å². The first-order valence-electron chi connectivity index (χ1n) is 7.92. The van der Waals surface area contributed by atoms with Crippen LogP contribution in [0.25, 0.3) is 0 Å². The SMILES string of the molecule is C=CC(=O)Cc1cccc(N(c2ccccc2)c2ccccc2)c1. The number of allylic oxidation sites excluding steroid dienone is 1. The number of hydrogen-bond acceptors (Lipinski definition) is 2. The van der Waals surface area contributed by atoms with Gasteiger partial charge in [0.25, 0.3) is 0 Å². The predicted molar refractivity (Wildman–Crippen MR) is 100 cm³/mol. The fourth-order valence-electron chi connectivity index (χ4n) is 2.68. The van der Waals surface area contributed by atoms with Gasteiger partial charge in [-0.25, -0.2) is 0 Å². The van der Waals surface area contributed by atoms with Crippen LogP contribution in [0, 0.1) is 0 Å². The summed E-state index contributed by atoms with van der Waals surface area (Å²) in [6.45, 7) is 3.55. The van der Waals surface area contributed by atoms with Gasteiger partial charge in [0.05, 0.1) is 0 Å². The number of para-hydroxylation sites is 2. The lowest BCUT2D eigenvalue weighted by molar-refractivity contribution is -0.114. The Bertz CT molecular complexity index is 785. The number of rotatable bonds is 6. The Labute approximate surface area is 142 Å². The zero-order chi connectivity index (χ0) is 16.8. The molecule has 3 aromatic carbocycles. The van der Waals surface area contributed by atoms with Crippen molar-refractivity contribution in [3.63, 3.8) is 0 Å². The van der Waals surface area contributed by atoms with E-state index in [4.69, 9.17) is 0 Å². The quantitative estimate of drug-likeness (QED) is 0.564. The van der Waals surface area contributed by atoms with E-state index in [-0.39, 0.29) is 5.78 Å². The monoisotopic (exact) mass is 313 g/mol. The molecule has 0 spiro atoms. The Balaban J connectivity index is 2.05. The van der Waals surface area contributed by atoms with E-state index in [2.05, 4.69) is 47.9 Å². The van der Waals surface area contributed by atoms with Crippen molar-refractivity contribution >= 4 is 22.8 Å². The molecule has 0 saturated heterocycles. The fraction of sp³-hybridized carbons (Fsp3) is 0.0455. The van der Waals surface area contributed by atoms with Gasteiger partial charge in [0.15, 0.2) is 5.78 Å². The summed E-state index contributed by atoms with van der Waals surface area (Å²) >= 11 is 0. The molecule has 3 rings (SSSR count). The Morgan fingerprint density at radius 3 is 1.88 bits per heavy atom. The van der Waals surface area contributed by atoms with Crippen LogP contribution in [0.15, 0.2) is 97.6 Å². The molecule has 3 aromatic rings. The predicted octanol–water partition coefficient (Wildman–Crippen LogP) is 5.45. The van der Waals surface area contributed by atoms with E-state index in [9.17, 15) is 4.79 Å². The Kier molecular flexibility index (Phi) is 4.87. The maximum absolute atomic E-state index is 11.7. The molecule has 0 atom stereocenters. The molecule has 0 aromatic heterocycles. The second-order valence-electron chi connectivity index (χ2n) is 5.52. The summed E-state index contributed by atoms with van der Waals surface area (Å²) in [6.07, 6.45) is 1.74. The summed E-state index contributed by atoms with van der Waals surface area (Å²) in [5.41, 5.74) is 4.17. The van der Waals surface area contributed by atoms with Crippen LogP contribution in [0.2, 0.25) is 0 Å². The minimum absolute atomic E-state index is 0.0260. The van der Waals surface area contributed by atoms with Gasteiger partial charge < -0.3 is 4.90 Å². The first-order chi connectivity index (χ1) is 11.8. The molecule has 0 bridgehead atoms. The van der Waals surface area contributed by atoms with Crippen molar-refractivity contribution in [1.29, 1.82) is 0 Å². The maximum atomic E-state index is 11.7. The summed E-state index contributed by atoms with van der Waals surface area (Å²) < 4.78 is 0. The number of hydrogen-bond donors (Lipinski definition) is 0. The molecule has 24 heavy (non-hydrogen) atoms. The van der Waals surface area contributed by atoms with E-state index >= 15 is 0 Å². The van der Waals surface area contributed by atoms with Crippen LogP contribution in [0.3, 0.4) is 0 Å². The van der Waals surface area contributed by atoms with Crippen molar-refractivity contribution < 1.29 is 4.79 Å². The van der Waals surface area contributed by atoms with Gasteiger partial charge in [-0.05, 0) is 48.0 Å².